The van der Waals surface area contributed by atoms with Crippen LogP contribution in [0.5, 0.6) is 0 Å². The predicted octanol–water partition coefficient (Wildman–Crippen LogP) is 4.36. The summed E-state index contributed by atoms with van der Waals surface area (Å²) in [5.41, 5.74) is 0. The van der Waals surface area contributed by atoms with Gasteiger partial charge >= 0.3 is 30.1 Å². The third-order valence-corrected chi connectivity index (χ3v) is 1.77. The van der Waals surface area contributed by atoms with Gasteiger partial charge in [-0.3, -0.25) is 0 Å². The SMILES string of the molecule is FC(C(F)(F)F)C(F)(F)C(F)(F)C(F)(F)C(F)(F)F. The fourth-order valence-corrected chi connectivity index (χ4v) is 0.752. The molecule has 0 saturated carbocycles. The fraction of sp³-hybridized carbons (Fsp3) is 1.00. The Hall–Kier alpha value is -0.910. The van der Waals surface area contributed by atoms with Crippen LogP contribution in [-0.4, -0.2) is 36.3 Å². The topological polar surface area (TPSA) is 0 Å². The number of hydrogen-bond donors (Lipinski definition) is 0. The van der Waals surface area contributed by atoms with E-state index in [-0.39, 0.29) is 0 Å². The second-order valence-corrected chi connectivity index (χ2v) is 3.17. The highest BCUT2D eigenvalue weighted by molar-refractivity contribution is 5.04. The Morgan fingerprint density at radius 2 is 0.842 bits per heavy atom. The van der Waals surface area contributed by atoms with E-state index in [0.29, 0.717) is 0 Å². The monoisotopic (exact) mass is 320 g/mol. The van der Waals surface area contributed by atoms with E-state index in [4.69, 9.17) is 0 Å². The van der Waals surface area contributed by atoms with Crippen LogP contribution in [-0.2, 0) is 0 Å². The molecule has 0 N–H and O–H groups in total. The first kappa shape index (κ1) is 18.1. The van der Waals surface area contributed by atoms with Crippen molar-refractivity contribution in [2.45, 2.75) is 36.3 Å². The van der Waals surface area contributed by atoms with E-state index >= 15 is 0 Å². The lowest BCUT2D eigenvalue weighted by Gasteiger charge is -2.35. The smallest absolute Gasteiger partial charge is 0.230 e. The average Bonchev–Trinajstić information content (AvgIpc) is 2.12. The maximum Gasteiger partial charge on any atom is 0.460 e. The Kier molecular flexibility index (Phi) is 4.09. The van der Waals surface area contributed by atoms with Crippen molar-refractivity contribution in [1.29, 1.82) is 0 Å². The summed E-state index contributed by atoms with van der Waals surface area (Å²) in [6, 6.07) is 0. The lowest BCUT2D eigenvalue weighted by molar-refractivity contribution is -0.414. The van der Waals surface area contributed by atoms with Crippen molar-refractivity contribution in [1.82, 2.24) is 0 Å². The molecule has 1 atom stereocenters. The zero-order valence-corrected chi connectivity index (χ0v) is 7.99. The molecule has 0 saturated heterocycles. The van der Waals surface area contributed by atoms with E-state index < -0.39 is 36.3 Å². The molecule has 19 heavy (non-hydrogen) atoms. The van der Waals surface area contributed by atoms with Gasteiger partial charge in [-0.2, -0.15) is 52.7 Å². The third kappa shape index (κ3) is 2.68. The van der Waals surface area contributed by atoms with Crippen LogP contribution in [0.4, 0.5) is 57.1 Å². The van der Waals surface area contributed by atoms with Crippen molar-refractivity contribution in [3.8, 4) is 0 Å². The highest BCUT2D eigenvalue weighted by Crippen LogP contribution is 2.56. The van der Waals surface area contributed by atoms with E-state index in [9.17, 15) is 57.1 Å². The van der Waals surface area contributed by atoms with E-state index in [1.165, 1.54) is 0 Å². The molecule has 0 aromatic rings. The largest absolute Gasteiger partial charge is 0.460 e. The molecule has 13 heteroatoms. The second-order valence-electron chi connectivity index (χ2n) is 3.17. The van der Waals surface area contributed by atoms with Gasteiger partial charge < -0.3 is 0 Å². The minimum Gasteiger partial charge on any atom is -0.230 e. The molecule has 0 radical (unpaired) electrons. The molecule has 0 aliphatic heterocycles. The molecule has 0 bridgehead atoms. The fourth-order valence-electron chi connectivity index (χ4n) is 0.752. The quantitative estimate of drug-likeness (QED) is 0.678. The first-order chi connectivity index (χ1) is 7.90. The molecule has 0 aliphatic rings. The Balaban J connectivity index is 5.78. The lowest BCUT2D eigenvalue weighted by Crippen LogP contribution is -2.65. The zero-order valence-electron chi connectivity index (χ0n) is 7.99. The van der Waals surface area contributed by atoms with Gasteiger partial charge in [-0.25, -0.2) is 4.39 Å². The van der Waals surface area contributed by atoms with E-state index in [1.807, 2.05) is 0 Å². The van der Waals surface area contributed by atoms with Gasteiger partial charge in [-0.15, -0.1) is 0 Å². The molecule has 0 aromatic carbocycles. The summed E-state index contributed by atoms with van der Waals surface area (Å²) in [4.78, 5) is 0. The van der Waals surface area contributed by atoms with Crippen LogP contribution in [0.15, 0.2) is 0 Å². The molecular formula is C6HF13. The first-order valence-corrected chi connectivity index (χ1v) is 3.81. The summed E-state index contributed by atoms with van der Waals surface area (Å²) in [6.07, 6.45) is -20.0. The minimum atomic E-state index is -7.63. The van der Waals surface area contributed by atoms with Crippen LogP contribution < -0.4 is 0 Å². The maximum absolute atomic E-state index is 12.3. The molecule has 0 aromatic heterocycles. The van der Waals surface area contributed by atoms with Gasteiger partial charge in [0.2, 0.25) is 0 Å². The van der Waals surface area contributed by atoms with Crippen molar-refractivity contribution in [2.24, 2.45) is 0 Å². The van der Waals surface area contributed by atoms with Gasteiger partial charge in [0, 0.05) is 0 Å². The zero-order chi connectivity index (χ0) is 16.1. The number of hydrogen-bond acceptors (Lipinski definition) is 0. The molecule has 0 fully saturated rings. The molecule has 0 rings (SSSR count). The summed E-state index contributed by atoms with van der Waals surface area (Å²) in [6.45, 7) is 0. The first-order valence-electron chi connectivity index (χ1n) is 3.81. The molecule has 0 nitrogen and oxygen atoms in total. The van der Waals surface area contributed by atoms with Gasteiger partial charge in [0.05, 0.1) is 0 Å². The van der Waals surface area contributed by atoms with Crippen molar-refractivity contribution in [3.05, 3.63) is 0 Å². The summed E-state index contributed by atoms with van der Waals surface area (Å²) < 4.78 is 154. The standard InChI is InChI=1S/C6HF13/c7-1(3(10,11)12)2(8,9)4(13,14)5(15,16)6(17,18)19/h1H. The van der Waals surface area contributed by atoms with Crippen LogP contribution in [0.25, 0.3) is 0 Å². The average molecular weight is 320 g/mol. The summed E-state index contributed by atoms with van der Waals surface area (Å²) in [5.74, 6) is -22.5. The molecule has 0 spiro atoms. The lowest BCUT2D eigenvalue weighted by atomic mass is 9.99. The summed E-state index contributed by atoms with van der Waals surface area (Å²) in [7, 11) is 0. The van der Waals surface area contributed by atoms with Crippen molar-refractivity contribution < 1.29 is 57.1 Å². The Morgan fingerprint density at radius 3 is 1.05 bits per heavy atom. The van der Waals surface area contributed by atoms with Gasteiger partial charge in [-0.05, 0) is 0 Å². The third-order valence-electron chi connectivity index (χ3n) is 1.77. The van der Waals surface area contributed by atoms with Crippen LogP contribution in [0.3, 0.4) is 0 Å². The Bertz CT molecular complexity index is 319. The van der Waals surface area contributed by atoms with Gasteiger partial charge in [0.15, 0.2) is 0 Å². The normalized spacial score (nSPS) is 17.5. The highest BCUT2D eigenvalue weighted by atomic mass is 19.4. The van der Waals surface area contributed by atoms with Crippen molar-refractivity contribution >= 4 is 0 Å². The van der Waals surface area contributed by atoms with E-state index in [1.54, 1.807) is 0 Å². The molecule has 116 valence electrons. The number of alkyl halides is 13. The summed E-state index contributed by atoms with van der Waals surface area (Å²) >= 11 is 0. The maximum atomic E-state index is 12.3. The predicted molar refractivity (Wildman–Crippen MR) is 31.8 cm³/mol. The molecular weight excluding hydrogens is 319 g/mol. The number of halogens is 13. The Labute approximate surface area is 94.7 Å². The minimum absolute atomic E-state index is 5.90. The van der Waals surface area contributed by atoms with Crippen LogP contribution in [0.1, 0.15) is 0 Å². The highest BCUT2D eigenvalue weighted by Gasteiger charge is 2.85. The van der Waals surface area contributed by atoms with Crippen molar-refractivity contribution in [3.63, 3.8) is 0 Å². The van der Waals surface area contributed by atoms with Gasteiger partial charge in [0.1, 0.15) is 0 Å². The van der Waals surface area contributed by atoms with E-state index in [0.717, 1.165) is 0 Å². The molecule has 0 amide bonds. The van der Waals surface area contributed by atoms with E-state index in [2.05, 4.69) is 0 Å². The second kappa shape index (κ2) is 4.30. The summed E-state index contributed by atoms with van der Waals surface area (Å²) in [5, 5.41) is 0. The molecule has 0 heterocycles. The van der Waals surface area contributed by atoms with Crippen LogP contribution in [0, 0.1) is 0 Å². The van der Waals surface area contributed by atoms with Gasteiger partial charge in [0.25, 0.3) is 6.17 Å². The van der Waals surface area contributed by atoms with Crippen LogP contribution >= 0.6 is 0 Å². The van der Waals surface area contributed by atoms with Gasteiger partial charge in [-0.1, -0.05) is 0 Å². The molecule has 1 unspecified atom stereocenters. The van der Waals surface area contributed by atoms with Crippen molar-refractivity contribution in [2.75, 3.05) is 0 Å². The Morgan fingerprint density at radius 1 is 0.526 bits per heavy atom. The number of rotatable bonds is 3. The van der Waals surface area contributed by atoms with Crippen LogP contribution in [0.2, 0.25) is 0 Å². The molecule has 0 aliphatic carbocycles.